The average molecular weight is 444 g/mol. The van der Waals surface area contributed by atoms with Gasteiger partial charge in [-0.25, -0.2) is 9.97 Å². The van der Waals surface area contributed by atoms with Gasteiger partial charge >= 0.3 is 5.97 Å². The quantitative estimate of drug-likeness (QED) is 0.452. The molecule has 2 aromatic carbocycles. The number of rotatable bonds is 7. The number of carboxylic acid groups (broad SMARTS) is 1. The predicted octanol–water partition coefficient (Wildman–Crippen LogP) is 3.48. The standard InChI is InChI=1S/C25H25N5O3/c31-24(32)23(29-11-13-30(14-12-29)25-26-9-4-10-27-25)21-16-28-22-8-7-19(15-20(21)22)33-17-18-5-2-1-3-6-18/h1-10,15-16,23,28H,11-14,17H2,(H,31,32)/t23-/m0/s1. The van der Waals surface area contributed by atoms with E-state index in [1.807, 2.05) is 53.4 Å². The normalized spacial score (nSPS) is 15.5. The molecule has 0 spiro atoms. The van der Waals surface area contributed by atoms with E-state index in [0.29, 0.717) is 44.5 Å². The fourth-order valence-corrected chi connectivity index (χ4v) is 4.30. The molecule has 3 heterocycles. The first kappa shape index (κ1) is 21.0. The number of aliphatic carboxylic acids is 1. The molecule has 0 radical (unpaired) electrons. The molecule has 8 heteroatoms. The Morgan fingerprint density at radius 3 is 2.52 bits per heavy atom. The molecule has 168 valence electrons. The molecule has 1 aliphatic heterocycles. The fraction of sp³-hybridized carbons (Fsp3) is 0.240. The molecule has 0 aliphatic carbocycles. The fourth-order valence-electron chi connectivity index (χ4n) is 4.30. The first-order valence-electron chi connectivity index (χ1n) is 11.0. The Kier molecular flexibility index (Phi) is 5.91. The van der Waals surface area contributed by atoms with Crippen molar-refractivity contribution in [2.75, 3.05) is 31.1 Å². The van der Waals surface area contributed by atoms with Gasteiger partial charge in [0.2, 0.25) is 5.95 Å². The van der Waals surface area contributed by atoms with Crippen molar-refractivity contribution >= 4 is 22.8 Å². The maximum Gasteiger partial charge on any atom is 0.325 e. The van der Waals surface area contributed by atoms with E-state index in [1.165, 1.54) is 0 Å². The minimum Gasteiger partial charge on any atom is -0.489 e. The second-order valence-electron chi connectivity index (χ2n) is 8.04. The van der Waals surface area contributed by atoms with Crippen LogP contribution in [0.1, 0.15) is 17.2 Å². The van der Waals surface area contributed by atoms with Crippen molar-refractivity contribution in [1.29, 1.82) is 0 Å². The molecule has 4 aromatic rings. The SMILES string of the molecule is O=C(O)[C@H](c1c[nH]c2ccc(OCc3ccccc3)cc12)N1CCN(c2ncccn2)CC1. The lowest BCUT2D eigenvalue weighted by molar-refractivity contribution is -0.143. The van der Waals surface area contributed by atoms with E-state index in [1.54, 1.807) is 24.7 Å². The summed E-state index contributed by atoms with van der Waals surface area (Å²) in [5.41, 5.74) is 2.71. The number of hydrogen-bond donors (Lipinski definition) is 2. The second kappa shape index (κ2) is 9.30. The number of piperazine rings is 1. The van der Waals surface area contributed by atoms with Crippen LogP contribution in [-0.4, -0.2) is 57.1 Å². The van der Waals surface area contributed by atoms with Crippen LogP contribution in [-0.2, 0) is 11.4 Å². The lowest BCUT2D eigenvalue weighted by Crippen LogP contribution is -2.49. The van der Waals surface area contributed by atoms with E-state index < -0.39 is 12.0 Å². The number of H-pyrrole nitrogens is 1. The van der Waals surface area contributed by atoms with Crippen LogP contribution in [0, 0.1) is 0 Å². The molecule has 2 N–H and O–H groups in total. The van der Waals surface area contributed by atoms with Crippen LogP contribution in [0.15, 0.2) is 73.2 Å². The zero-order chi connectivity index (χ0) is 22.6. The van der Waals surface area contributed by atoms with Gasteiger partial charge in [0.05, 0.1) is 0 Å². The van der Waals surface area contributed by atoms with Crippen molar-refractivity contribution < 1.29 is 14.6 Å². The van der Waals surface area contributed by atoms with E-state index in [0.717, 1.165) is 22.0 Å². The van der Waals surface area contributed by atoms with Gasteiger partial charge in [0.15, 0.2) is 0 Å². The molecular formula is C25H25N5O3. The van der Waals surface area contributed by atoms with Crippen LogP contribution in [0.3, 0.4) is 0 Å². The van der Waals surface area contributed by atoms with Crippen LogP contribution in [0.5, 0.6) is 5.75 Å². The molecule has 0 amide bonds. The largest absolute Gasteiger partial charge is 0.489 e. The third-order valence-corrected chi connectivity index (χ3v) is 5.98. The lowest BCUT2D eigenvalue weighted by Gasteiger charge is -2.37. The summed E-state index contributed by atoms with van der Waals surface area (Å²) in [5.74, 6) is 0.523. The zero-order valence-electron chi connectivity index (χ0n) is 18.1. The summed E-state index contributed by atoms with van der Waals surface area (Å²) in [5, 5.41) is 11.0. The first-order chi connectivity index (χ1) is 16.2. The number of nitrogens with zero attached hydrogens (tertiary/aromatic N) is 4. The number of nitrogens with one attached hydrogen (secondary N) is 1. The molecule has 0 unspecified atom stereocenters. The monoisotopic (exact) mass is 443 g/mol. The number of fused-ring (bicyclic) bond motifs is 1. The van der Waals surface area contributed by atoms with Gasteiger partial charge in [-0.15, -0.1) is 0 Å². The molecule has 0 bridgehead atoms. The van der Waals surface area contributed by atoms with Gasteiger partial charge < -0.3 is 19.7 Å². The number of hydrogen-bond acceptors (Lipinski definition) is 6. The maximum atomic E-state index is 12.4. The van der Waals surface area contributed by atoms with Crippen LogP contribution in [0.25, 0.3) is 10.9 Å². The van der Waals surface area contributed by atoms with Crippen LogP contribution < -0.4 is 9.64 Å². The Bertz CT molecular complexity index is 1220. The smallest absolute Gasteiger partial charge is 0.325 e. The molecule has 1 saturated heterocycles. The van der Waals surface area contributed by atoms with Gasteiger partial charge in [-0.1, -0.05) is 30.3 Å². The number of carboxylic acids is 1. The number of carbonyl (C=O) groups is 1. The van der Waals surface area contributed by atoms with Crippen molar-refractivity contribution in [2.24, 2.45) is 0 Å². The van der Waals surface area contributed by atoms with Crippen molar-refractivity contribution in [2.45, 2.75) is 12.6 Å². The topological polar surface area (TPSA) is 94.6 Å². The van der Waals surface area contributed by atoms with Gasteiger partial charge in [-0.2, -0.15) is 0 Å². The van der Waals surface area contributed by atoms with Crippen molar-refractivity contribution in [1.82, 2.24) is 19.9 Å². The zero-order valence-corrected chi connectivity index (χ0v) is 18.1. The van der Waals surface area contributed by atoms with Gasteiger partial charge in [0, 0.05) is 61.2 Å². The summed E-state index contributed by atoms with van der Waals surface area (Å²) in [6, 6.07) is 16.8. The van der Waals surface area contributed by atoms with Crippen LogP contribution in [0.2, 0.25) is 0 Å². The number of ether oxygens (including phenoxy) is 1. The van der Waals surface area contributed by atoms with Gasteiger partial charge in [0.1, 0.15) is 18.4 Å². The third-order valence-electron chi connectivity index (χ3n) is 5.98. The number of aromatic nitrogens is 3. The molecule has 2 aromatic heterocycles. The number of anilines is 1. The molecule has 33 heavy (non-hydrogen) atoms. The van der Waals surface area contributed by atoms with Gasteiger partial charge in [-0.3, -0.25) is 9.69 Å². The Balaban J connectivity index is 1.35. The molecule has 5 rings (SSSR count). The highest BCUT2D eigenvalue weighted by Crippen LogP contribution is 2.32. The van der Waals surface area contributed by atoms with Gasteiger partial charge in [0.25, 0.3) is 0 Å². The molecule has 8 nitrogen and oxygen atoms in total. The summed E-state index contributed by atoms with van der Waals surface area (Å²) in [6.07, 6.45) is 5.24. The minimum atomic E-state index is -0.865. The Morgan fingerprint density at radius 1 is 1.03 bits per heavy atom. The van der Waals surface area contributed by atoms with Crippen LogP contribution >= 0.6 is 0 Å². The van der Waals surface area contributed by atoms with E-state index in [9.17, 15) is 9.90 Å². The minimum absolute atomic E-state index is 0.456. The maximum absolute atomic E-state index is 12.4. The Labute approximate surface area is 191 Å². The molecule has 1 fully saturated rings. The predicted molar refractivity (Wildman–Crippen MR) is 125 cm³/mol. The molecule has 1 atom stereocenters. The van der Waals surface area contributed by atoms with Crippen molar-refractivity contribution in [3.8, 4) is 5.75 Å². The number of benzene rings is 2. The summed E-state index contributed by atoms with van der Waals surface area (Å²) in [4.78, 5) is 28.3. The van der Waals surface area contributed by atoms with E-state index in [2.05, 4.69) is 19.9 Å². The van der Waals surface area contributed by atoms with Crippen molar-refractivity contribution in [3.63, 3.8) is 0 Å². The van der Waals surface area contributed by atoms with E-state index in [4.69, 9.17) is 4.74 Å². The highest BCUT2D eigenvalue weighted by molar-refractivity contribution is 5.90. The summed E-state index contributed by atoms with van der Waals surface area (Å²) in [7, 11) is 0. The third kappa shape index (κ3) is 4.51. The summed E-state index contributed by atoms with van der Waals surface area (Å²) < 4.78 is 5.98. The van der Waals surface area contributed by atoms with Crippen molar-refractivity contribution in [3.05, 3.63) is 84.3 Å². The first-order valence-corrected chi connectivity index (χ1v) is 11.0. The molecular weight excluding hydrogens is 418 g/mol. The average Bonchev–Trinajstić information content (AvgIpc) is 3.27. The lowest BCUT2D eigenvalue weighted by atomic mass is 10.0. The number of aromatic amines is 1. The molecule has 1 aliphatic rings. The highest BCUT2D eigenvalue weighted by Gasteiger charge is 2.32. The second-order valence-corrected chi connectivity index (χ2v) is 8.04. The van der Waals surface area contributed by atoms with E-state index >= 15 is 0 Å². The Hall–Kier alpha value is -3.91. The summed E-state index contributed by atoms with van der Waals surface area (Å²) >= 11 is 0. The molecule has 0 saturated carbocycles. The highest BCUT2D eigenvalue weighted by atomic mass is 16.5. The van der Waals surface area contributed by atoms with E-state index in [-0.39, 0.29) is 0 Å². The summed E-state index contributed by atoms with van der Waals surface area (Å²) in [6.45, 7) is 3.00. The van der Waals surface area contributed by atoms with Gasteiger partial charge in [-0.05, 0) is 29.8 Å². The van der Waals surface area contributed by atoms with Crippen LogP contribution in [0.4, 0.5) is 5.95 Å². The Morgan fingerprint density at radius 2 is 1.79 bits per heavy atom.